The first-order valence-electron chi connectivity index (χ1n) is 41.2. The second kappa shape index (κ2) is 56.3. The van der Waals surface area contributed by atoms with Crippen LogP contribution in [0.4, 0.5) is 22.0 Å². The van der Waals surface area contributed by atoms with Crippen molar-refractivity contribution in [3.63, 3.8) is 0 Å². The Morgan fingerprint density at radius 3 is 1.40 bits per heavy atom. The van der Waals surface area contributed by atoms with Crippen LogP contribution < -0.4 is 28.4 Å². The molecule has 1 aliphatic heterocycles. The van der Waals surface area contributed by atoms with E-state index in [0.29, 0.717) is 42.8 Å². The number of H-pyrrole nitrogens is 2. The van der Waals surface area contributed by atoms with Crippen LogP contribution in [0.1, 0.15) is 184 Å². The summed E-state index contributed by atoms with van der Waals surface area (Å²) in [7, 11) is 6.28. The number of pyridine rings is 7. The highest BCUT2D eigenvalue weighted by Crippen LogP contribution is 2.31. The van der Waals surface area contributed by atoms with E-state index < -0.39 is 29.1 Å². The number of aromatic amines is 2. The summed E-state index contributed by atoms with van der Waals surface area (Å²) in [4.78, 5) is 56.9. The fraction of sp³-hybridized carbons (Fsp3) is 0.330. The second-order valence-electron chi connectivity index (χ2n) is 28.0. The summed E-state index contributed by atoms with van der Waals surface area (Å²) in [5.41, 5.74) is 14.1. The first-order chi connectivity index (χ1) is 59.2. The Bertz CT molecular complexity index is 5300. The van der Waals surface area contributed by atoms with Crippen molar-refractivity contribution in [2.75, 3.05) is 28.1 Å². The maximum atomic E-state index is 12.9. The summed E-state index contributed by atoms with van der Waals surface area (Å²) in [5, 5.41) is 4.26. The molecule has 1 aliphatic rings. The Morgan fingerprint density at radius 2 is 0.927 bits per heavy atom. The first kappa shape index (κ1) is 104. The lowest BCUT2D eigenvalue weighted by molar-refractivity contribution is -0.118. The van der Waals surface area contributed by atoms with E-state index in [0.717, 1.165) is 100 Å². The zero-order valence-electron chi connectivity index (χ0n) is 74.2. The molecule has 24 heteroatoms. The van der Waals surface area contributed by atoms with Gasteiger partial charge in [0.25, 0.3) is 5.88 Å². The van der Waals surface area contributed by atoms with Crippen LogP contribution in [0, 0.1) is 29.1 Å². The fourth-order valence-electron chi connectivity index (χ4n) is 11.2. The topological polar surface area (TPSA) is 216 Å². The van der Waals surface area contributed by atoms with Crippen LogP contribution in [-0.4, -0.2) is 95.2 Å². The number of aryl methyl sites for hydroxylation is 9. The average Bonchev–Trinajstić information content (AvgIpc) is 1.68. The average molecular weight is 1720 g/mol. The summed E-state index contributed by atoms with van der Waals surface area (Å²) in [6, 6.07) is 47.8. The molecule has 2 atom stereocenters. The fourth-order valence-corrected chi connectivity index (χ4v) is 11.5. The molecule has 4 aromatic carbocycles. The molecule has 18 nitrogen and oxygen atoms in total. The normalized spacial score (nSPS) is 10.9. The molecule has 0 radical (unpaired) electrons. The van der Waals surface area contributed by atoms with Crippen molar-refractivity contribution in [2.24, 2.45) is 7.05 Å². The summed E-state index contributed by atoms with van der Waals surface area (Å²) >= 11 is 6.12. The number of ketones is 2. The maximum absolute atomic E-state index is 12.9. The summed E-state index contributed by atoms with van der Waals surface area (Å²) < 4.78 is 95.7. The molecule has 2 N–H and O–H groups in total. The number of methoxy groups -OCH3 is 3. The Hall–Kier alpha value is -12.4. The van der Waals surface area contributed by atoms with E-state index in [4.69, 9.17) is 30.5 Å². The number of carbonyl (C=O) groups is 2. The van der Waals surface area contributed by atoms with Gasteiger partial charge in [-0.3, -0.25) is 9.59 Å². The van der Waals surface area contributed by atoms with Crippen molar-refractivity contribution >= 4 is 56.3 Å². The number of benzene rings is 4. The van der Waals surface area contributed by atoms with Gasteiger partial charge >= 0.3 is 0 Å². The second-order valence-corrected chi connectivity index (χ2v) is 28.4. The van der Waals surface area contributed by atoms with E-state index in [-0.39, 0.29) is 54.1 Å². The molecule has 15 rings (SSSR count). The number of hydrogen-bond donors (Lipinski definition) is 2. The lowest BCUT2D eigenvalue weighted by Gasteiger charge is -2.07. The van der Waals surface area contributed by atoms with E-state index >= 15 is 0 Å². The zero-order chi connectivity index (χ0) is 90.3. The lowest BCUT2D eigenvalue weighted by atomic mass is 9.98. The number of nitrogens with zero attached hydrogens (tertiary/aromatic N) is 8. The van der Waals surface area contributed by atoms with Gasteiger partial charge in [0.1, 0.15) is 40.1 Å². The quantitative estimate of drug-likeness (QED) is 0.0764. The van der Waals surface area contributed by atoms with E-state index in [9.17, 15) is 31.5 Å². The number of halogens is 6. The molecule has 124 heavy (non-hydrogen) atoms. The van der Waals surface area contributed by atoms with Crippen LogP contribution >= 0.6 is 11.6 Å². The summed E-state index contributed by atoms with van der Waals surface area (Å²) in [6.07, 6.45) is 26.6. The molecule has 0 spiro atoms. The largest absolute Gasteiger partial charge is 0.491 e. The predicted molar refractivity (Wildman–Crippen MR) is 491 cm³/mol. The van der Waals surface area contributed by atoms with Crippen LogP contribution in [0.2, 0.25) is 5.02 Å². The van der Waals surface area contributed by atoms with Gasteiger partial charge in [-0.2, -0.15) is 0 Å². The maximum Gasteiger partial charge on any atom is 0.260 e. The smallest absolute Gasteiger partial charge is 0.260 e. The third kappa shape index (κ3) is 34.5. The highest BCUT2D eigenvalue weighted by atomic mass is 35.5. The SMILES string of the molecule is C.CC(=O)[C@@H](C)c1ccccc1.CC(=O)[C@H](C)c1ccccc1.CCc1c(F)cccc1F.CCc1cc(F)c(OC)c(F)c1.CCc1ccc(OC(C)C)nc1.CCc1ccc(OC)nc1.CCc1cnc(OC)c(F)c1.CCc1cnc2[nH]ccc2c1.CCc1cnc2[nH]ccc2c1Cl.CCc1cnc2c(c1)OCO2.CCc1cnc2c(ccn2C)c1. The van der Waals surface area contributed by atoms with Gasteiger partial charge in [0.05, 0.1) is 32.5 Å². The van der Waals surface area contributed by atoms with Crippen LogP contribution in [0.3, 0.4) is 0 Å². The molecule has 662 valence electrons. The third-order valence-electron chi connectivity index (χ3n) is 19.1. The predicted octanol–water partition coefficient (Wildman–Crippen LogP) is 24.7. The first-order valence-corrected chi connectivity index (χ1v) is 41.6. The van der Waals surface area contributed by atoms with Crippen LogP contribution in [0.25, 0.3) is 33.1 Å². The van der Waals surface area contributed by atoms with Crippen molar-refractivity contribution < 1.29 is 60.0 Å². The molecular weight excluding hydrogens is 1600 g/mol. The van der Waals surface area contributed by atoms with E-state index in [1.807, 2.05) is 212 Å². The molecule has 0 saturated heterocycles. The Morgan fingerprint density at radius 1 is 0.452 bits per heavy atom. The van der Waals surface area contributed by atoms with E-state index in [1.165, 1.54) is 89.2 Å². The number of aromatic nitrogens is 10. The molecule has 0 saturated carbocycles. The molecule has 0 aliphatic carbocycles. The number of fused-ring (bicyclic) bond motifs is 4. The van der Waals surface area contributed by atoms with Gasteiger partial charge in [0.2, 0.25) is 24.4 Å². The molecule has 14 aromatic rings. The third-order valence-corrected chi connectivity index (χ3v) is 19.5. The van der Waals surface area contributed by atoms with Crippen LogP contribution in [-0.2, 0) is 74.4 Å². The monoisotopic (exact) mass is 1720 g/mol. The highest BCUT2D eigenvalue weighted by molar-refractivity contribution is 6.36. The van der Waals surface area contributed by atoms with Crippen molar-refractivity contribution in [3.05, 3.63) is 315 Å². The number of rotatable bonds is 18. The van der Waals surface area contributed by atoms with Crippen molar-refractivity contribution in [2.45, 2.75) is 187 Å². The number of Topliss-reactive ketones (excluding diaryl/α,β-unsaturated/α-hetero) is 2. The van der Waals surface area contributed by atoms with Gasteiger partial charge in [0, 0.05) is 115 Å². The minimum atomic E-state index is -0.644. The van der Waals surface area contributed by atoms with E-state index in [1.54, 1.807) is 34.1 Å². The van der Waals surface area contributed by atoms with E-state index in [2.05, 4.69) is 114 Å². The summed E-state index contributed by atoms with van der Waals surface area (Å²) in [6.45, 7) is 29.5. The highest BCUT2D eigenvalue weighted by Gasteiger charge is 2.16. The standard InChI is InChI=1S/C10H12N2.C10H15NO.2C10H12O.C9H9ClN2.C9H10F2O.C9H10N2.C8H8F2.C8H10FNO.C8H9NO2.C8H11NO.CH4/c1-3-8-6-9-4-5-12(2)10(9)11-7-8;1-4-9-5-6-10(11-7-9)12-8(2)3;2*1-8(9(2)11)10-6-4-3-5-7-10;1-2-6-5-12-9-7(8(6)10)3-4-11-9;1-3-6-4-7(10)9(12-2)8(11)5-6;1-2-7-5-8-3-4-10-9(8)11-6-7;1-2-6-7(9)4-3-5-8(6)10;1-3-6-4-7(9)8(11-2)10-5-6;1-2-6-3-7-8(9-4-6)11-5-10-7;1-3-7-4-5-8(10-2)9-6-7;/h4-7H,3H2,1-2H3;5-8H,4H2,1-3H3;2*3-8H,1-2H3;3-5H,2H2,1H3,(H,11,12);4-5H,3H2,1-2H3;3-6H,2H2,1H3,(H,10,11);3-5H,2H2,1H3;4-5H,3H2,1-2H3;3-4H,2,5H2,1H3;4-6H,3H2,1-2H3;1H4/t;;2*8-;;;;;;;;/m..10......../s1. The number of hydrogen-bond acceptors (Lipinski definition) is 15. The summed E-state index contributed by atoms with van der Waals surface area (Å²) in [5.74, 6) is 0.431. The minimum Gasteiger partial charge on any atom is -0.491 e. The van der Waals surface area contributed by atoms with Crippen molar-refractivity contribution in [1.29, 1.82) is 0 Å². The van der Waals surface area contributed by atoms with Gasteiger partial charge in [-0.05, 0) is 208 Å². The molecular formula is C100H122ClF5N10O8. The van der Waals surface area contributed by atoms with Gasteiger partial charge < -0.3 is 43.0 Å². The van der Waals surface area contributed by atoms with Crippen LogP contribution in [0.5, 0.6) is 35.0 Å². The Kier molecular flexibility index (Phi) is 47.2. The van der Waals surface area contributed by atoms with Gasteiger partial charge in [-0.1, -0.05) is 174 Å². The zero-order valence-corrected chi connectivity index (χ0v) is 75.0. The van der Waals surface area contributed by atoms with Gasteiger partial charge in [-0.25, -0.2) is 56.8 Å². The molecule has 0 fully saturated rings. The minimum absolute atomic E-state index is 0. The molecule has 0 amide bonds. The molecule has 11 heterocycles. The van der Waals surface area contributed by atoms with Crippen LogP contribution in [0.15, 0.2) is 220 Å². The molecule has 0 bridgehead atoms. The number of carbonyl (C=O) groups excluding carboxylic acids is 2. The Labute approximate surface area is 733 Å². The lowest BCUT2D eigenvalue weighted by Crippen LogP contribution is -2.06. The van der Waals surface area contributed by atoms with Gasteiger partial charge in [0.15, 0.2) is 29.0 Å². The number of ether oxygens (including phenoxy) is 6. The molecule has 0 unspecified atom stereocenters. The molecule has 10 aromatic heterocycles. The van der Waals surface area contributed by atoms with Crippen molar-refractivity contribution in [1.82, 2.24) is 49.4 Å². The number of nitrogens with one attached hydrogen (secondary N) is 2. The van der Waals surface area contributed by atoms with Crippen molar-refractivity contribution in [3.8, 4) is 35.0 Å². The Balaban J connectivity index is 0.000000286. The van der Waals surface area contributed by atoms with Gasteiger partial charge in [-0.15, -0.1) is 0 Å².